The second kappa shape index (κ2) is 6.49. The molecule has 1 aromatic carbocycles. The van der Waals surface area contributed by atoms with Crippen LogP contribution in [0.1, 0.15) is 17.4 Å². The van der Waals surface area contributed by atoms with E-state index in [0.717, 1.165) is 6.07 Å². The van der Waals surface area contributed by atoms with Gasteiger partial charge in [0, 0.05) is 18.7 Å². The van der Waals surface area contributed by atoms with Crippen molar-refractivity contribution in [2.45, 2.75) is 6.92 Å². The highest BCUT2D eigenvalue weighted by Crippen LogP contribution is 2.31. The van der Waals surface area contributed by atoms with Gasteiger partial charge in [-0.15, -0.1) is 10.2 Å². The van der Waals surface area contributed by atoms with E-state index in [4.69, 9.17) is 10.5 Å². The Balaban J connectivity index is 2.17. The molecule has 0 aliphatic carbocycles. The van der Waals surface area contributed by atoms with E-state index in [1.807, 2.05) is 0 Å². The van der Waals surface area contributed by atoms with E-state index in [-0.39, 0.29) is 33.4 Å². The van der Waals surface area contributed by atoms with Gasteiger partial charge in [0.15, 0.2) is 11.4 Å². The van der Waals surface area contributed by atoms with Gasteiger partial charge in [-0.3, -0.25) is 4.79 Å². The highest BCUT2D eigenvalue weighted by Gasteiger charge is 2.11. The van der Waals surface area contributed by atoms with E-state index in [1.165, 1.54) is 18.2 Å². The van der Waals surface area contributed by atoms with Crippen molar-refractivity contribution in [3.8, 4) is 11.6 Å². The number of hydrogen-bond acceptors (Lipinski definition) is 5. The molecule has 1 amide bonds. The fourth-order valence-electron chi connectivity index (χ4n) is 1.49. The molecule has 0 saturated heterocycles. The molecule has 21 heavy (non-hydrogen) atoms. The summed E-state index contributed by atoms with van der Waals surface area (Å²) in [6, 6.07) is 5.44. The Morgan fingerprint density at radius 3 is 2.81 bits per heavy atom. The van der Waals surface area contributed by atoms with Crippen molar-refractivity contribution in [1.82, 2.24) is 15.5 Å². The zero-order valence-corrected chi connectivity index (χ0v) is 12.6. The zero-order valence-electron chi connectivity index (χ0n) is 11.1. The molecule has 2 rings (SSSR count). The molecule has 110 valence electrons. The van der Waals surface area contributed by atoms with Gasteiger partial charge in [0.05, 0.1) is 10.2 Å². The van der Waals surface area contributed by atoms with Gasteiger partial charge in [0.2, 0.25) is 5.88 Å². The van der Waals surface area contributed by atoms with Gasteiger partial charge < -0.3 is 15.8 Å². The number of nitrogens with zero attached hydrogens (tertiary/aromatic N) is 2. The molecule has 0 aliphatic rings. The number of benzene rings is 1. The number of carbonyl (C=O) groups excluding carboxylic acids is 1. The Bertz CT molecular complexity index is 664. The van der Waals surface area contributed by atoms with E-state index >= 15 is 0 Å². The molecule has 1 aromatic heterocycles. The van der Waals surface area contributed by atoms with Gasteiger partial charge in [-0.05, 0) is 35.0 Å². The number of hydrogen-bond donors (Lipinski definition) is 2. The molecule has 6 nitrogen and oxygen atoms in total. The molecule has 0 aliphatic heterocycles. The molecule has 0 atom stereocenters. The number of nitrogens with one attached hydrogen (secondary N) is 1. The lowest BCUT2D eigenvalue weighted by molar-refractivity contribution is 0.0949. The van der Waals surface area contributed by atoms with E-state index < -0.39 is 5.82 Å². The van der Waals surface area contributed by atoms with Crippen LogP contribution in [-0.4, -0.2) is 22.6 Å². The fraction of sp³-hybridized carbons (Fsp3) is 0.154. The van der Waals surface area contributed by atoms with Crippen molar-refractivity contribution in [2.75, 3.05) is 12.3 Å². The Morgan fingerprint density at radius 2 is 2.19 bits per heavy atom. The lowest BCUT2D eigenvalue weighted by Crippen LogP contribution is -2.23. The van der Waals surface area contributed by atoms with Crippen LogP contribution in [-0.2, 0) is 0 Å². The Hall–Kier alpha value is -2.22. The number of nitrogens with two attached hydrogens (primary N) is 1. The van der Waals surface area contributed by atoms with Crippen LogP contribution in [0.2, 0.25) is 0 Å². The summed E-state index contributed by atoms with van der Waals surface area (Å²) < 4.78 is 19.0. The third kappa shape index (κ3) is 3.66. The molecule has 0 spiro atoms. The smallest absolute Gasteiger partial charge is 0.271 e. The van der Waals surface area contributed by atoms with E-state index in [9.17, 15) is 9.18 Å². The number of carbonyl (C=O) groups is 1. The maximum Gasteiger partial charge on any atom is 0.271 e. The maximum atomic E-state index is 13.4. The summed E-state index contributed by atoms with van der Waals surface area (Å²) in [5, 5.41) is 10.1. The molecule has 0 bridgehead atoms. The molecule has 0 fully saturated rings. The predicted octanol–water partition coefficient (Wildman–Crippen LogP) is 2.50. The zero-order chi connectivity index (χ0) is 15.4. The Morgan fingerprint density at radius 1 is 1.43 bits per heavy atom. The normalized spacial score (nSPS) is 10.2. The van der Waals surface area contributed by atoms with Crippen LogP contribution in [0.5, 0.6) is 11.6 Å². The summed E-state index contributed by atoms with van der Waals surface area (Å²) in [5.41, 5.74) is 6.14. The highest BCUT2D eigenvalue weighted by molar-refractivity contribution is 9.10. The summed E-state index contributed by atoms with van der Waals surface area (Å²) >= 11 is 3.02. The second-order valence-electron chi connectivity index (χ2n) is 4.02. The van der Waals surface area contributed by atoms with Crippen LogP contribution in [0.3, 0.4) is 0 Å². The molecule has 1 heterocycles. The number of ether oxygens (including phenoxy) is 1. The van der Waals surface area contributed by atoms with Crippen LogP contribution in [0.25, 0.3) is 0 Å². The number of anilines is 1. The third-order valence-corrected chi connectivity index (χ3v) is 3.08. The van der Waals surface area contributed by atoms with Gasteiger partial charge in [-0.1, -0.05) is 0 Å². The minimum Gasteiger partial charge on any atom is -0.435 e. The van der Waals surface area contributed by atoms with E-state index in [1.54, 1.807) is 6.92 Å². The summed E-state index contributed by atoms with van der Waals surface area (Å²) in [6.07, 6.45) is 0. The van der Waals surface area contributed by atoms with E-state index in [0.29, 0.717) is 6.54 Å². The minimum atomic E-state index is -0.508. The van der Waals surface area contributed by atoms with Gasteiger partial charge in [-0.25, -0.2) is 4.39 Å². The number of rotatable bonds is 4. The summed E-state index contributed by atoms with van der Waals surface area (Å²) in [4.78, 5) is 11.5. The second-order valence-corrected chi connectivity index (χ2v) is 4.88. The van der Waals surface area contributed by atoms with Crippen LogP contribution < -0.4 is 15.8 Å². The highest BCUT2D eigenvalue weighted by atomic mass is 79.9. The number of amides is 1. The summed E-state index contributed by atoms with van der Waals surface area (Å²) in [7, 11) is 0. The average Bonchev–Trinajstić information content (AvgIpc) is 2.46. The van der Waals surface area contributed by atoms with Crippen molar-refractivity contribution in [3.05, 3.63) is 40.2 Å². The first-order chi connectivity index (χ1) is 10.0. The van der Waals surface area contributed by atoms with Crippen molar-refractivity contribution in [2.24, 2.45) is 0 Å². The van der Waals surface area contributed by atoms with Crippen molar-refractivity contribution in [1.29, 1.82) is 0 Å². The van der Waals surface area contributed by atoms with Crippen LogP contribution in [0, 0.1) is 5.82 Å². The van der Waals surface area contributed by atoms with Gasteiger partial charge >= 0.3 is 0 Å². The topological polar surface area (TPSA) is 90.1 Å². The Kier molecular flexibility index (Phi) is 4.69. The summed E-state index contributed by atoms with van der Waals surface area (Å²) in [6.45, 7) is 2.29. The quantitative estimate of drug-likeness (QED) is 0.823. The maximum absolute atomic E-state index is 13.4. The number of nitrogen functional groups attached to an aromatic ring is 1. The first kappa shape index (κ1) is 15.2. The SMILES string of the molecule is CCNC(=O)c1ccc(Oc2cc(F)c(Br)cc2N)nn1. The first-order valence-electron chi connectivity index (χ1n) is 6.05. The standard InChI is InChI=1S/C13H12BrFN4O2/c1-2-17-13(20)10-3-4-12(19-18-10)21-11-6-8(15)7(14)5-9(11)16/h3-6H,2,16H2,1H3,(H,17,20). The monoisotopic (exact) mass is 354 g/mol. The molecule has 0 unspecified atom stereocenters. The van der Waals surface area contributed by atoms with Crippen molar-refractivity contribution < 1.29 is 13.9 Å². The lowest BCUT2D eigenvalue weighted by atomic mass is 10.3. The van der Waals surface area contributed by atoms with Gasteiger partial charge in [0.25, 0.3) is 5.91 Å². The predicted molar refractivity (Wildman–Crippen MR) is 78.6 cm³/mol. The molecule has 8 heteroatoms. The Labute approximate surface area is 128 Å². The first-order valence-corrected chi connectivity index (χ1v) is 6.85. The lowest BCUT2D eigenvalue weighted by Gasteiger charge is -2.08. The van der Waals surface area contributed by atoms with Crippen molar-refractivity contribution in [3.63, 3.8) is 0 Å². The van der Waals surface area contributed by atoms with Crippen LogP contribution in [0.4, 0.5) is 10.1 Å². The fourth-order valence-corrected chi connectivity index (χ4v) is 1.85. The number of aromatic nitrogens is 2. The summed E-state index contributed by atoms with van der Waals surface area (Å²) in [5.74, 6) is -0.607. The van der Waals surface area contributed by atoms with Crippen LogP contribution in [0.15, 0.2) is 28.7 Å². The molecular weight excluding hydrogens is 343 g/mol. The average molecular weight is 355 g/mol. The molecular formula is C13H12BrFN4O2. The van der Waals surface area contributed by atoms with Crippen molar-refractivity contribution >= 4 is 27.5 Å². The molecule has 3 N–H and O–H groups in total. The van der Waals surface area contributed by atoms with Gasteiger partial charge in [-0.2, -0.15) is 0 Å². The largest absolute Gasteiger partial charge is 0.435 e. The van der Waals surface area contributed by atoms with Crippen LogP contribution >= 0.6 is 15.9 Å². The van der Waals surface area contributed by atoms with E-state index in [2.05, 4.69) is 31.4 Å². The molecule has 0 saturated carbocycles. The molecule has 0 radical (unpaired) electrons. The molecule has 2 aromatic rings. The minimum absolute atomic E-state index is 0.108. The number of halogens is 2. The van der Waals surface area contributed by atoms with Gasteiger partial charge in [0.1, 0.15) is 5.82 Å². The third-order valence-electron chi connectivity index (χ3n) is 2.48.